The summed E-state index contributed by atoms with van der Waals surface area (Å²) in [7, 11) is 0. The van der Waals surface area contributed by atoms with Crippen LogP contribution in [-0.4, -0.2) is 49.7 Å². The topological polar surface area (TPSA) is 32.8 Å². The number of piperazine rings is 1. The highest BCUT2D eigenvalue weighted by Crippen LogP contribution is 2.19. The van der Waals surface area contributed by atoms with Gasteiger partial charge in [-0.25, -0.2) is 0 Å². The molecule has 0 bridgehead atoms. The average molecular weight is 246 g/mol. The van der Waals surface area contributed by atoms with Gasteiger partial charge in [0.05, 0.1) is 12.5 Å². The molecule has 1 aromatic carbocycles. The first-order valence-electron chi connectivity index (χ1n) is 6.52. The molecule has 0 N–H and O–H groups in total. The van der Waals surface area contributed by atoms with Gasteiger partial charge in [0.2, 0.25) is 0 Å². The third-order valence-corrected chi connectivity index (χ3v) is 3.79. The van der Waals surface area contributed by atoms with E-state index >= 15 is 0 Å². The molecular formula is C14H18N2O2. The Hall–Kier alpha value is -1.55. The summed E-state index contributed by atoms with van der Waals surface area (Å²) in [5.74, 6) is -0.0505. The van der Waals surface area contributed by atoms with Crippen molar-refractivity contribution in [1.29, 1.82) is 0 Å². The molecule has 2 saturated heterocycles. The molecule has 0 aliphatic carbocycles. The van der Waals surface area contributed by atoms with Crippen LogP contribution in [0.25, 0.3) is 0 Å². The van der Waals surface area contributed by atoms with Gasteiger partial charge in [-0.2, -0.15) is 0 Å². The molecule has 2 heterocycles. The summed E-state index contributed by atoms with van der Waals surface area (Å²) >= 11 is 0. The predicted molar refractivity (Wildman–Crippen MR) is 69.6 cm³/mol. The normalized spacial score (nSPS) is 25.2. The van der Waals surface area contributed by atoms with Crippen molar-refractivity contribution < 1.29 is 9.53 Å². The van der Waals surface area contributed by atoms with E-state index in [0.717, 1.165) is 26.2 Å². The van der Waals surface area contributed by atoms with E-state index in [9.17, 15) is 4.79 Å². The standard InChI is InChI=1S/C14H18N2O2/c17-14-10-13(11-18-14)16-8-6-15(7-9-16)12-4-2-1-3-5-12/h1-5,13H,6-11H2. The number of ether oxygens (including phenoxy) is 1. The number of para-hydroxylation sites is 1. The fraction of sp³-hybridized carbons (Fsp3) is 0.500. The molecule has 96 valence electrons. The van der Waals surface area contributed by atoms with Gasteiger partial charge in [-0.15, -0.1) is 0 Å². The van der Waals surface area contributed by atoms with Gasteiger partial charge in [0.15, 0.2) is 0 Å². The summed E-state index contributed by atoms with van der Waals surface area (Å²) in [6.07, 6.45) is 0.561. The van der Waals surface area contributed by atoms with Crippen LogP contribution in [0.15, 0.2) is 30.3 Å². The molecule has 4 nitrogen and oxygen atoms in total. The first-order valence-corrected chi connectivity index (χ1v) is 6.52. The number of carbonyl (C=O) groups is 1. The maximum Gasteiger partial charge on any atom is 0.307 e. The van der Waals surface area contributed by atoms with Crippen molar-refractivity contribution >= 4 is 11.7 Å². The van der Waals surface area contributed by atoms with Gasteiger partial charge in [-0.1, -0.05) is 18.2 Å². The molecule has 0 radical (unpaired) electrons. The molecule has 1 atom stereocenters. The second-order valence-corrected chi connectivity index (χ2v) is 4.90. The van der Waals surface area contributed by atoms with Gasteiger partial charge in [0.25, 0.3) is 0 Å². The van der Waals surface area contributed by atoms with Crippen LogP contribution in [0.3, 0.4) is 0 Å². The zero-order valence-corrected chi connectivity index (χ0v) is 10.4. The number of hydrogen-bond acceptors (Lipinski definition) is 4. The molecular weight excluding hydrogens is 228 g/mol. The Bertz CT molecular complexity index is 413. The minimum Gasteiger partial charge on any atom is -0.464 e. The number of carbonyl (C=O) groups excluding carboxylic acids is 1. The molecule has 2 aliphatic rings. The minimum atomic E-state index is -0.0505. The molecule has 1 aromatic rings. The van der Waals surface area contributed by atoms with Crippen molar-refractivity contribution in [2.75, 3.05) is 37.7 Å². The lowest BCUT2D eigenvalue weighted by atomic mass is 10.1. The predicted octanol–water partition coefficient (Wildman–Crippen LogP) is 1.12. The molecule has 2 aliphatic heterocycles. The second kappa shape index (κ2) is 4.98. The van der Waals surface area contributed by atoms with Gasteiger partial charge in [0.1, 0.15) is 6.61 Å². The van der Waals surface area contributed by atoms with Crippen LogP contribution in [0.2, 0.25) is 0 Å². The van der Waals surface area contributed by atoms with Crippen molar-refractivity contribution in [3.05, 3.63) is 30.3 Å². The lowest BCUT2D eigenvalue weighted by Crippen LogP contribution is -2.50. The van der Waals surface area contributed by atoms with Crippen molar-refractivity contribution in [3.8, 4) is 0 Å². The first kappa shape index (κ1) is 11.5. The lowest BCUT2D eigenvalue weighted by molar-refractivity contribution is -0.137. The zero-order valence-electron chi connectivity index (χ0n) is 10.4. The van der Waals surface area contributed by atoms with E-state index in [4.69, 9.17) is 4.74 Å². The van der Waals surface area contributed by atoms with E-state index in [1.54, 1.807) is 0 Å². The Labute approximate surface area is 107 Å². The van der Waals surface area contributed by atoms with Crippen molar-refractivity contribution in [2.45, 2.75) is 12.5 Å². The van der Waals surface area contributed by atoms with E-state index in [1.165, 1.54) is 5.69 Å². The number of nitrogens with zero attached hydrogens (tertiary/aromatic N) is 2. The molecule has 3 rings (SSSR count). The van der Waals surface area contributed by atoms with Gasteiger partial charge < -0.3 is 9.64 Å². The monoisotopic (exact) mass is 246 g/mol. The Morgan fingerprint density at radius 3 is 2.39 bits per heavy atom. The summed E-state index contributed by atoms with van der Waals surface area (Å²) in [6.45, 7) is 4.64. The number of rotatable bonds is 2. The summed E-state index contributed by atoms with van der Waals surface area (Å²) in [4.78, 5) is 15.9. The third-order valence-electron chi connectivity index (χ3n) is 3.79. The second-order valence-electron chi connectivity index (χ2n) is 4.90. The SMILES string of the molecule is O=C1CC(N2CCN(c3ccccc3)CC2)CO1. The summed E-state index contributed by atoms with van der Waals surface area (Å²) in [6, 6.07) is 10.8. The maximum absolute atomic E-state index is 11.1. The highest BCUT2D eigenvalue weighted by atomic mass is 16.5. The van der Waals surface area contributed by atoms with Crippen LogP contribution in [-0.2, 0) is 9.53 Å². The van der Waals surface area contributed by atoms with Crippen molar-refractivity contribution in [3.63, 3.8) is 0 Å². The molecule has 4 heteroatoms. The largest absolute Gasteiger partial charge is 0.464 e. The van der Waals surface area contributed by atoms with Crippen LogP contribution in [0.1, 0.15) is 6.42 Å². The van der Waals surface area contributed by atoms with E-state index in [2.05, 4.69) is 34.1 Å². The number of cyclic esters (lactones) is 1. The molecule has 1 unspecified atom stereocenters. The van der Waals surface area contributed by atoms with Crippen LogP contribution >= 0.6 is 0 Å². The fourth-order valence-corrected chi connectivity index (χ4v) is 2.72. The van der Waals surface area contributed by atoms with Crippen molar-refractivity contribution in [1.82, 2.24) is 4.90 Å². The van der Waals surface area contributed by atoms with E-state index < -0.39 is 0 Å². The Morgan fingerprint density at radius 2 is 1.78 bits per heavy atom. The van der Waals surface area contributed by atoms with Crippen LogP contribution < -0.4 is 4.90 Å². The maximum atomic E-state index is 11.1. The highest BCUT2D eigenvalue weighted by molar-refractivity contribution is 5.72. The number of benzene rings is 1. The third kappa shape index (κ3) is 2.34. The van der Waals surface area contributed by atoms with Gasteiger partial charge in [-0.05, 0) is 12.1 Å². The molecule has 18 heavy (non-hydrogen) atoms. The molecule has 0 saturated carbocycles. The number of hydrogen-bond donors (Lipinski definition) is 0. The van der Waals surface area contributed by atoms with Gasteiger partial charge in [-0.3, -0.25) is 9.69 Å². The van der Waals surface area contributed by atoms with Crippen molar-refractivity contribution in [2.24, 2.45) is 0 Å². The molecule has 2 fully saturated rings. The quantitative estimate of drug-likeness (QED) is 0.732. The molecule has 0 amide bonds. The average Bonchev–Trinajstić information content (AvgIpc) is 2.87. The number of anilines is 1. The lowest BCUT2D eigenvalue weighted by Gasteiger charge is -2.38. The molecule has 0 aromatic heterocycles. The Kier molecular flexibility index (Phi) is 3.19. The van der Waals surface area contributed by atoms with Crippen LogP contribution in [0, 0.1) is 0 Å². The summed E-state index contributed by atoms with van der Waals surface area (Å²) in [5, 5.41) is 0. The van der Waals surface area contributed by atoms with Crippen LogP contribution in [0.4, 0.5) is 5.69 Å². The first-order chi connectivity index (χ1) is 8.83. The fourth-order valence-electron chi connectivity index (χ4n) is 2.72. The Balaban J connectivity index is 1.57. The Morgan fingerprint density at radius 1 is 1.06 bits per heavy atom. The highest BCUT2D eigenvalue weighted by Gasteiger charge is 2.31. The van der Waals surface area contributed by atoms with Gasteiger partial charge >= 0.3 is 5.97 Å². The van der Waals surface area contributed by atoms with E-state index in [0.29, 0.717) is 19.1 Å². The van der Waals surface area contributed by atoms with E-state index in [-0.39, 0.29) is 5.97 Å². The smallest absolute Gasteiger partial charge is 0.307 e. The number of esters is 1. The molecule has 0 spiro atoms. The van der Waals surface area contributed by atoms with Gasteiger partial charge in [0, 0.05) is 31.9 Å². The summed E-state index contributed by atoms with van der Waals surface area (Å²) in [5.41, 5.74) is 1.29. The van der Waals surface area contributed by atoms with Crippen LogP contribution in [0.5, 0.6) is 0 Å². The zero-order chi connectivity index (χ0) is 12.4. The summed E-state index contributed by atoms with van der Waals surface area (Å²) < 4.78 is 5.04. The van der Waals surface area contributed by atoms with E-state index in [1.807, 2.05) is 6.07 Å². The minimum absolute atomic E-state index is 0.0505.